The van der Waals surface area contributed by atoms with Crippen LogP contribution in [0.3, 0.4) is 0 Å². The summed E-state index contributed by atoms with van der Waals surface area (Å²) < 4.78 is 0. The fourth-order valence-corrected chi connectivity index (χ4v) is 14.2. The maximum absolute atomic E-state index is 2.70. The van der Waals surface area contributed by atoms with Gasteiger partial charge in [-0.05, 0) is 183 Å². The van der Waals surface area contributed by atoms with Gasteiger partial charge in [-0.15, -0.1) is 0 Å². The van der Waals surface area contributed by atoms with Crippen molar-refractivity contribution in [3.63, 3.8) is 0 Å². The van der Waals surface area contributed by atoms with Gasteiger partial charge in [-0.2, -0.15) is 0 Å². The molecule has 7 aliphatic carbocycles. The van der Waals surface area contributed by atoms with Crippen LogP contribution in [0.1, 0.15) is 120 Å². The van der Waals surface area contributed by atoms with Gasteiger partial charge in [-0.25, -0.2) is 0 Å². The molecule has 0 unspecified atom stereocenters. The molecule has 0 N–H and O–H groups in total. The van der Waals surface area contributed by atoms with Gasteiger partial charge in [0.2, 0.25) is 0 Å². The van der Waals surface area contributed by atoms with Gasteiger partial charge in [0.25, 0.3) is 0 Å². The van der Waals surface area contributed by atoms with Gasteiger partial charge >= 0.3 is 0 Å². The average molecular weight is 756 g/mol. The summed E-state index contributed by atoms with van der Waals surface area (Å²) in [5.41, 5.74) is 21.7. The topological polar surface area (TPSA) is 3.24 Å². The predicted molar refractivity (Wildman–Crippen MR) is 243 cm³/mol. The van der Waals surface area contributed by atoms with Gasteiger partial charge in [0.1, 0.15) is 0 Å². The van der Waals surface area contributed by atoms with Crippen molar-refractivity contribution in [2.45, 2.75) is 108 Å². The molecule has 13 rings (SSSR count). The molecule has 0 aromatic heterocycles. The fraction of sp³-hybridized carbons (Fsp3) is 0.368. The first-order valence-electron chi connectivity index (χ1n) is 22.5. The molecule has 58 heavy (non-hydrogen) atoms. The van der Waals surface area contributed by atoms with Crippen LogP contribution in [0.4, 0.5) is 17.1 Å². The van der Waals surface area contributed by atoms with E-state index >= 15 is 0 Å². The van der Waals surface area contributed by atoms with Gasteiger partial charge in [-0.1, -0.05) is 133 Å². The average Bonchev–Trinajstić information content (AvgIpc) is 3.64. The number of anilines is 3. The Labute approximate surface area is 346 Å². The van der Waals surface area contributed by atoms with E-state index < -0.39 is 0 Å². The number of hydrogen-bond acceptors (Lipinski definition) is 1. The molecule has 4 bridgehead atoms. The van der Waals surface area contributed by atoms with Gasteiger partial charge in [0, 0.05) is 27.9 Å². The van der Waals surface area contributed by atoms with Crippen LogP contribution in [0.2, 0.25) is 0 Å². The summed E-state index contributed by atoms with van der Waals surface area (Å²) in [4.78, 5) is 2.64. The van der Waals surface area contributed by atoms with Gasteiger partial charge in [0.15, 0.2) is 0 Å². The third kappa shape index (κ3) is 4.65. The Hall–Kier alpha value is -4.88. The Morgan fingerprint density at radius 3 is 1.62 bits per heavy atom. The minimum Gasteiger partial charge on any atom is -0.310 e. The Morgan fingerprint density at radius 2 is 0.931 bits per heavy atom. The maximum Gasteiger partial charge on any atom is 0.0465 e. The number of fused-ring (bicyclic) bond motifs is 7. The van der Waals surface area contributed by atoms with Gasteiger partial charge < -0.3 is 4.90 Å². The molecule has 6 aromatic rings. The van der Waals surface area contributed by atoms with E-state index in [1.54, 1.807) is 11.1 Å². The molecule has 0 radical (unpaired) electrons. The van der Waals surface area contributed by atoms with Crippen LogP contribution in [0.25, 0.3) is 33.4 Å². The van der Waals surface area contributed by atoms with Crippen molar-refractivity contribution in [2.75, 3.05) is 4.90 Å². The van der Waals surface area contributed by atoms with Crippen LogP contribution in [-0.4, -0.2) is 0 Å². The Morgan fingerprint density at radius 1 is 0.414 bits per heavy atom. The highest BCUT2D eigenvalue weighted by atomic mass is 15.1. The van der Waals surface area contributed by atoms with Crippen molar-refractivity contribution < 1.29 is 0 Å². The zero-order chi connectivity index (χ0) is 39.3. The Bertz CT molecular complexity index is 2640. The molecule has 0 saturated heterocycles. The van der Waals surface area contributed by atoms with Gasteiger partial charge in [-0.3, -0.25) is 0 Å². The van der Waals surface area contributed by atoms with Crippen LogP contribution in [0, 0.1) is 23.7 Å². The summed E-state index contributed by atoms with van der Waals surface area (Å²) in [6.07, 6.45) is 9.38. The molecule has 0 amide bonds. The largest absolute Gasteiger partial charge is 0.310 e. The van der Waals surface area contributed by atoms with Crippen molar-refractivity contribution >= 4 is 17.1 Å². The normalized spacial score (nSPS) is 26.8. The third-order valence-electron chi connectivity index (χ3n) is 16.9. The number of benzene rings is 6. The number of rotatable bonds is 4. The molecule has 6 aromatic carbocycles. The SMILES string of the molecule is CC1(C)CCC(C)(C)c2cc(N(c3ccc4c(c3)C(C)(C)c3ccccc3-4)c3ccc4c(c3)C3(c5c(-c6ccccc6)cccc5-4)C4CC5CC(C4)CC3C5)ccc21. The van der Waals surface area contributed by atoms with Crippen LogP contribution in [0.5, 0.6) is 0 Å². The van der Waals surface area contributed by atoms with Gasteiger partial charge in [0.05, 0.1) is 0 Å². The van der Waals surface area contributed by atoms with E-state index in [1.807, 2.05) is 0 Å². The minimum absolute atomic E-state index is 0.0373. The molecule has 0 aliphatic heterocycles. The molecule has 290 valence electrons. The first kappa shape index (κ1) is 35.1. The van der Waals surface area contributed by atoms with Crippen LogP contribution < -0.4 is 4.90 Å². The second kappa shape index (κ2) is 11.9. The monoisotopic (exact) mass is 755 g/mol. The fourth-order valence-electron chi connectivity index (χ4n) is 14.2. The quantitative estimate of drug-likeness (QED) is 0.173. The lowest BCUT2D eigenvalue weighted by Gasteiger charge is -2.61. The smallest absolute Gasteiger partial charge is 0.0465 e. The molecule has 1 nitrogen and oxygen atoms in total. The minimum atomic E-state index is -0.0761. The predicted octanol–water partition coefficient (Wildman–Crippen LogP) is 15.2. The molecule has 1 spiro atoms. The molecule has 0 heterocycles. The molecule has 4 saturated carbocycles. The number of hydrogen-bond donors (Lipinski definition) is 0. The van der Waals surface area contributed by atoms with Crippen molar-refractivity contribution in [3.8, 4) is 33.4 Å². The van der Waals surface area contributed by atoms with E-state index in [0.29, 0.717) is 11.8 Å². The molecular formula is C57H57N. The van der Waals surface area contributed by atoms with E-state index in [1.165, 1.54) is 118 Å². The second-order valence-electron chi connectivity index (χ2n) is 21.2. The standard InChI is InChI=1S/C57H57N/c1-54(2)25-26-55(3,4)52-34-42(21-24-49(52)54)58(40-19-22-45-44-15-10-11-18-48(44)56(5,6)50(45)32-40)41-20-23-46-47-17-12-16-43(37-13-8-7-9-14-37)53(47)57(51(46)33-41)38-28-35-27-36(30-38)31-39(57)29-35/h7-24,32-36,38-39H,25-31H2,1-6H3. The lowest BCUT2D eigenvalue weighted by molar-refractivity contribution is -0.0397. The second-order valence-corrected chi connectivity index (χ2v) is 21.2. The highest BCUT2D eigenvalue weighted by molar-refractivity contribution is 5.92. The summed E-state index contributed by atoms with van der Waals surface area (Å²) in [7, 11) is 0. The summed E-state index contributed by atoms with van der Waals surface area (Å²) in [6.45, 7) is 14.7. The molecule has 0 atom stereocenters. The summed E-state index contributed by atoms with van der Waals surface area (Å²) in [5, 5.41) is 0. The Kier molecular flexibility index (Phi) is 7.18. The number of nitrogens with zero attached hydrogens (tertiary/aromatic N) is 1. The van der Waals surface area contributed by atoms with Crippen LogP contribution >= 0.6 is 0 Å². The molecule has 1 heteroatoms. The van der Waals surface area contributed by atoms with E-state index in [-0.39, 0.29) is 21.7 Å². The van der Waals surface area contributed by atoms with Crippen molar-refractivity contribution in [3.05, 3.63) is 161 Å². The Balaban J connectivity index is 1.10. The van der Waals surface area contributed by atoms with E-state index in [4.69, 9.17) is 0 Å². The summed E-state index contributed by atoms with van der Waals surface area (Å²) in [5.74, 6) is 3.16. The summed E-state index contributed by atoms with van der Waals surface area (Å²) >= 11 is 0. The molecular weight excluding hydrogens is 699 g/mol. The lowest BCUT2D eigenvalue weighted by Crippen LogP contribution is -2.55. The van der Waals surface area contributed by atoms with E-state index in [9.17, 15) is 0 Å². The van der Waals surface area contributed by atoms with Crippen molar-refractivity contribution in [1.29, 1.82) is 0 Å². The molecule has 7 aliphatic rings. The van der Waals surface area contributed by atoms with Crippen molar-refractivity contribution in [1.82, 2.24) is 0 Å². The maximum atomic E-state index is 2.70. The zero-order valence-electron chi connectivity index (χ0n) is 35.3. The first-order valence-corrected chi connectivity index (χ1v) is 22.5. The van der Waals surface area contributed by atoms with Crippen LogP contribution in [-0.2, 0) is 21.7 Å². The van der Waals surface area contributed by atoms with Crippen LogP contribution in [0.15, 0.2) is 127 Å². The van der Waals surface area contributed by atoms with E-state index in [2.05, 4.69) is 174 Å². The highest BCUT2D eigenvalue weighted by Gasteiger charge is 2.62. The molecule has 4 fully saturated rings. The third-order valence-corrected chi connectivity index (χ3v) is 16.9. The van der Waals surface area contributed by atoms with Crippen molar-refractivity contribution in [2.24, 2.45) is 23.7 Å². The van der Waals surface area contributed by atoms with E-state index in [0.717, 1.165) is 11.8 Å². The first-order chi connectivity index (χ1) is 27.9. The summed E-state index contributed by atoms with van der Waals surface area (Å²) in [6, 6.07) is 50.2. The zero-order valence-corrected chi connectivity index (χ0v) is 35.3. The lowest BCUT2D eigenvalue weighted by atomic mass is 9.42. The highest BCUT2D eigenvalue weighted by Crippen LogP contribution is 2.71.